The van der Waals surface area contributed by atoms with Crippen molar-refractivity contribution in [3.05, 3.63) is 35.9 Å². The number of benzene rings is 1. The second kappa shape index (κ2) is 4.31. The van der Waals surface area contributed by atoms with Crippen molar-refractivity contribution < 1.29 is 14.3 Å². The van der Waals surface area contributed by atoms with Crippen molar-refractivity contribution in [2.75, 3.05) is 7.11 Å². The van der Waals surface area contributed by atoms with E-state index in [4.69, 9.17) is 9.47 Å². The standard InChI is InChI=1S/C17H21NO3/c1-16-9-12-13(8-11-6-4-3-5-7-11)18-15(19)17(12,20-2)10-14(16)21-16/h3-7,12-14H,8-10H2,1-2H3,(H,18,19)/t12?,13-,14?,16?,17?/m0/s1. The number of carbonyl (C=O) groups is 1. The summed E-state index contributed by atoms with van der Waals surface area (Å²) in [5.41, 5.74) is 0.507. The molecule has 1 saturated carbocycles. The molecule has 1 amide bonds. The highest BCUT2D eigenvalue weighted by Crippen LogP contribution is 2.56. The topological polar surface area (TPSA) is 50.9 Å². The van der Waals surface area contributed by atoms with E-state index in [9.17, 15) is 4.79 Å². The van der Waals surface area contributed by atoms with Crippen LogP contribution in [0.5, 0.6) is 0 Å². The van der Waals surface area contributed by atoms with Crippen LogP contribution in [-0.4, -0.2) is 36.4 Å². The lowest BCUT2D eigenvalue weighted by Gasteiger charge is -2.37. The zero-order valence-corrected chi connectivity index (χ0v) is 12.5. The Kier molecular flexibility index (Phi) is 2.72. The number of methoxy groups -OCH3 is 1. The van der Waals surface area contributed by atoms with Gasteiger partial charge in [-0.25, -0.2) is 0 Å². The molecule has 0 bridgehead atoms. The van der Waals surface area contributed by atoms with E-state index in [1.54, 1.807) is 7.11 Å². The molecule has 2 heterocycles. The fraction of sp³-hybridized carbons (Fsp3) is 0.588. The maximum atomic E-state index is 12.5. The Hall–Kier alpha value is -1.39. The van der Waals surface area contributed by atoms with Crippen molar-refractivity contribution in [1.82, 2.24) is 5.32 Å². The van der Waals surface area contributed by atoms with E-state index in [0.29, 0.717) is 6.42 Å². The Morgan fingerprint density at radius 3 is 2.81 bits per heavy atom. The third-order valence-electron chi connectivity index (χ3n) is 5.60. The molecule has 4 heteroatoms. The van der Waals surface area contributed by atoms with E-state index in [2.05, 4.69) is 24.4 Å². The highest BCUT2D eigenvalue weighted by Gasteiger charge is 2.69. The van der Waals surface area contributed by atoms with Gasteiger partial charge >= 0.3 is 0 Å². The first-order valence-corrected chi connectivity index (χ1v) is 7.65. The van der Waals surface area contributed by atoms with E-state index in [1.165, 1.54) is 5.56 Å². The number of epoxide rings is 1. The minimum Gasteiger partial charge on any atom is -0.368 e. The number of nitrogens with one attached hydrogen (secondary N) is 1. The third kappa shape index (κ3) is 1.86. The summed E-state index contributed by atoms with van der Waals surface area (Å²) in [4.78, 5) is 12.5. The van der Waals surface area contributed by atoms with Crippen LogP contribution in [0.25, 0.3) is 0 Å². The molecule has 2 aliphatic heterocycles. The van der Waals surface area contributed by atoms with Gasteiger partial charge < -0.3 is 14.8 Å². The number of amides is 1. The number of ether oxygens (including phenoxy) is 2. The first kappa shape index (κ1) is 13.3. The predicted octanol–water partition coefficient (Wildman–Crippen LogP) is 1.68. The first-order valence-electron chi connectivity index (χ1n) is 7.65. The predicted molar refractivity (Wildman–Crippen MR) is 77.8 cm³/mol. The summed E-state index contributed by atoms with van der Waals surface area (Å²) >= 11 is 0. The number of hydrogen-bond donors (Lipinski definition) is 1. The molecule has 1 aromatic rings. The highest BCUT2D eigenvalue weighted by molar-refractivity contribution is 5.89. The Bertz CT molecular complexity index is 575. The summed E-state index contributed by atoms with van der Waals surface area (Å²) in [6.07, 6.45) is 2.60. The van der Waals surface area contributed by atoms with Crippen LogP contribution in [-0.2, 0) is 20.7 Å². The smallest absolute Gasteiger partial charge is 0.252 e. The molecule has 112 valence electrons. The van der Waals surface area contributed by atoms with Crippen LogP contribution in [0, 0.1) is 5.92 Å². The van der Waals surface area contributed by atoms with Gasteiger partial charge in [-0.2, -0.15) is 0 Å². The SMILES string of the molecule is COC12CC3OC3(C)CC1[C@H](Cc1ccccc1)NC2=O. The van der Waals surface area contributed by atoms with Crippen molar-refractivity contribution in [2.45, 2.75) is 49.5 Å². The third-order valence-corrected chi connectivity index (χ3v) is 5.60. The highest BCUT2D eigenvalue weighted by atomic mass is 16.6. The van der Waals surface area contributed by atoms with Gasteiger partial charge in [0.2, 0.25) is 0 Å². The van der Waals surface area contributed by atoms with E-state index >= 15 is 0 Å². The van der Waals surface area contributed by atoms with Gasteiger partial charge in [0.15, 0.2) is 5.60 Å². The number of carbonyl (C=O) groups excluding carboxylic acids is 1. The average molecular weight is 287 g/mol. The van der Waals surface area contributed by atoms with Crippen molar-refractivity contribution >= 4 is 5.91 Å². The first-order chi connectivity index (χ1) is 10.1. The molecule has 3 aliphatic rings. The lowest BCUT2D eigenvalue weighted by atomic mass is 9.69. The molecule has 5 atom stereocenters. The van der Waals surface area contributed by atoms with Gasteiger partial charge in [0, 0.05) is 25.5 Å². The van der Waals surface area contributed by atoms with Gasteiger partial charge in [-0.3, -0.25) is 4.79 Å². The van der Waals surface area contributed by atoms with E-state index in [1.807, 2.05) is 18.2 Å². The largest absolute Gasteiger partial charge is 0.368 e. The molecular formula is C17H21NO3. The van der Waals surface area contributed by atoms with Crippen molar-refractivity contribution in [1.29, 1.82) is 0 Å². The van der Waals surface area contributed by atoms with Gasteiger partial charge in [0.25, 0.3) is 5.91 Å². The monoisotopic (exact) mass is 287 g/mol. The van der Waals surface area contributed by atoms with Crippen LogP contribution in [0.3, 0.4) is 0 Å². The van der Waals surface area contributed by atoms with Crippen LogP contribution < -0.4 is 5.32 Å². The van der Waals surface area contributed by atoms with Crippen molar-refractivity contribution in [2.24, 2.45) is 5.92 Å². The van der Waals surface area contributed by atoms with Crippen molar-refractivity contribution in [3.63, 3.8) is 0 Å². The van der Waals surface area contributed by atoms with Gasteiger partial charge in [-0.1, -0.05) is 30.3 Å². The molecule has 0 aromatic heterocycles. The van der Waals surface area contributed by atoms with Crippen LogP contribution in [0.1, 0.15) is 25.3 Å². The van der Waals surface area contributed by atoms with E-state index in [-0.39, 0.29) is 29.6 Å². The minimum absolute atomic E-state index is 0.0356. The van der Waals surface area contributed by atoms with Crippen LogP contribution in [0.4, 0.5) is 0 Å². The summed E-state index contributed by atoms with van der Waals surface area (Å²) < 4.78 is 11.5. The van der Waals surface area contributed by atoms with Crippen LogP contribution in [0.2, 0.25) is 0 Å². The van der Waals surface area contributed by atoms with E-state index < -0.39 is 5.60 Å². The van der Waals surface area contributed by atoms with Crippen LogP contribution >= 0.6 is 0 Å². The molecule has 4 unspecified atom stereocenters. The fourth-order valence-corrected chi connectivity index (χ4v) is 4.26. The normalized spacial score (nSPS) is 43.9. The average Bonchev–Trinajstić information content (AvgIpc) is 3.08. The summed E-state index contributed by atoms with van der Waals surface area (Å²) in [6.45, 7) is 2.15. The summed E-state index contributed by atoms with van der Waals surface area (Å²) in [5.74, 6) is 0.215. The molecule has 0 spiro atoms. The molecule has 2 saturated heterocycles. The van der Waals surface area contributed by atoms with Gasteiger partial charge in [-0.15, -0.1) is 0 Å². The Balaban J connectivity index is 1.63. The van der Waals surface area contributed by atoms with Gasteiger partial charge in [0.05, 0.1) is 11.7 Å². The molecule has 1 aromatic carbocycles. The fourth-order valence-electron chi connectivity index (χ4n) is 4.26. The quantitative estimate of drug-likeness (QED) is 0.861. The Labute approximate surface area is 124 Å². The maximum absolute atomic E-state index is 12.5. The number of fused-ring (bicyclic) bond motifs is 2. The van der Waals surface area contributed by atoms with Crippen LogP contribution in [0.15, 0.2) is 30.3 Å². The Morgan fingerprint density at radius 2 is 2.10 bits per heavy atom. The van der Waals surface area contributed by atoms with E-state index in [0.717, 1.165) is 12.8 Å². The summed E-state index contributed by atoms with van der Waals surface area (Å²) in [7, 11) is 1.66. The molecule has 1 N–H and O–H groups in total. The minimum atomic E-state index is -0.694. The molecule has 4 nitrogen and oxygen atoms in total. The zero-order chi connectivity index (χ0) is 14.7. The molecule has 1 aliphatic carbocycles. The molecule has 3 fully saturated rings. The zero-order valence-electron chi connectivity index (χ0n) is 12.5. The maximum Gasteiger partial charge on any atom is 0.252 e. The molecular weight excluding hydrogens is 266 g/mol. The second-order valence-corrected chi connectivity index (χ2v) is 6.80. The lowest BCUT2D eigenvalue weighted by molar-refractivity contribution is -0.145. The second-order valence-electron chi connectivity index (χ2n) is 6.80. The number of rotatable bonds is 3. The van der Waals surface area contributed by atoms with Crippen molar-refractivity contribution in [3.8, 4) is 0 Å². The number of hydrogen-bond acceptors (Lipinski definition) is 3. The summed E-state index contributed by atoms with van der Waals surface area (Å²) in [6, 6.07) is 10.4. The summed E-state index contributed by atoms with van der Waals surface area (Å²) in [5, 5.41) is 3.17. The molecule has 4 rings (SSSR count). The van der Waals surface area contributed by atoms with Gasteiger partial charge in [0.1, 0.15) is 0 Å². The lowest BCUT2D eigenvalue weighted by Crippen LogP contribution is -2.50. The molecule has 21 heavy (non-hydrogen) atoms. The van der Waals surface area contributed by atoms with Gasteiger partial charge in [-0.05, 0) is 25.3 Å². The Morgan fingerprint density at radius 1 is 1.33 bits per heavy atom. The molecule has 0 radical (unpaired) electrons.